The van der Waals surface area contributed by atoms with E-state index in [2.05, 4.69) is 17.1 Å². The summed E-state index contributed by atoms with van der Waals surface area (Å²) < 4.78 is 5.38. The maximum absolute atomic E-state index is 11.8. The molecule has 0 aliphatic heterocycles. The quantitative estimate of drug-likeness (QED) is 0.786. The molecule has 0 atom stereocenters. The van der Waals surface area contributed by atoms with Crippen LogP contribution in [-0.2, 0) is 0 Å². The highest BCUT2D eigenvalue weighted by Gasteiger charge is 2.27. The van der Waals surface area contributed by atoms with Crippen molar-refractivity contribution in [3.8, 4) is 11.3 Å². The molecule has 1 aliphatic rings. The smallest absolute Gasteiger partial charge is 0.343 e. The third kappa shape index (κ3) is 4.02. The average Bonchev–Trinajstić information content (AvgIpc) is 3.29. The summed E-state index contributed by atoms with van der Waals surface area (Å²) in [7, 11) is 3.97. The molecule has 0 radical (unpaired) electrons. The Morgan fingerprint density at radius 1 is 1.23 bits per heavy atom. The molecule has 0 saturated heterocycles. The summed E-state index contributed by atoms with van der Waals surface area (Å²) in [6, 6.07) is 7.49. The van der Waals surface area contributed by atoms with E-state index < -0.39 is 5.97 Å². The summed E-state index contributed by atoms with van der Waals surface area (Å²) in [5.41, 5.74) is 0.723. The van der Waals surface area contributed by atoms with Crippen molar-refractivity contribution in [3.63, 3.8) is 0 Å². The molecule has 3 rings (SSSR count). The summed E-state index contributed by atoms with van der Waals surface area (Å²) in [6.45, 7) is 1.53. The minimum absolute atomic E-state index is 0.0818. The Kier molecular flexibility index (Phi) is 5.84. The number of nitrogens with zero attached hydrogens (tertiary/aromatic N) is 3. The van der Waals surface area contributed by atoms with Crippen LogP contribution in [0.5, 0.6) is 0 Å². The first kappa shape index (κ1) is 18.7. The van der Waals surface area contributed by atoms with E-state index in [1.807, 2.05) is 11.9 Å². The number of hydrogen-bond acceptors (Lipinski definition) is 5. The summed E-state index contributed by atoms with van der Waals surface area (Å²) in [6.07, 6.45) is 5.07. The fourth-order valence-electron chi connectivity index (χ4n) is 3.47. The predicted octanol–water partition coefficient (Wildman–Crippen LogP) is 4.00. The zero-order valence-electron chi connectivity index (χ0n) is 15.1. The largest absolute Gasteiger partial charge is 0.477 e. The van der Waals surface area contributed by atoms with Crippen LogP contribution in [0.25, 0.3) is 11.3 Å². The Hall–Kier alpha value is -2.05. The van der Waals surface area contributed by atoms with E-state index >= 15 is 0 Å². The third-order valence-corrected chi connectivity index (χ3v) is 5.34. The van der Waals surface area contributed by atoms with Crippen molar-refractivity contribution in [1.82, 2.24) is 10.1 Å². The second kappa shape index (κ2) is 8.10. The van der Waals surface area contributed by atoms with Crippen molar-refractivity contribution in [3.05, 3.63) is 34.9 Å². The van der Waals surface area contributed by atoms with Gasteiger partial charge in [0.05, 0.1) is 0 Å². The lowest BCUT2D eigenvalue weighted by Gasteiger charge is -2.26. The first-order chi connectivity index (χ1) is 12.5. The molecule has 1 N–H and O–H groups in total. The van der Waals surface area contributed by atoms with Gasteiger partial charge < -0.3 is 19.4 Å². The zero-order chi connectivity index (χ0) is 18.7. The predicted molar refractivity (Wildman–Crippen MR) is 102 cm³/mol. The Morgan fingerprint density at radius 3 is 2.50 bits per heavy atom. The highest BCUT2D eigenvalue weighted by atomic mass is 35.5. The number of benzene rings is 1. The summed E-state index contributed by atoms with van der Waals surface area (Å²) >= 11 is 5.91. The molecule has 7 heteroatoms. The first-order valence-corrected chi connectivity index (χ1v) is 9.25. The first-order valence-electron chi connectivity index (χ1n) is 8.87. The average molecular weight is 378 g/mol. The second-order valence-electron chi connectivity index (χ2n) is 6.86. The van der Waals surface area contributed by atoms with Gasteiger partial charge in [0, 0.05) is 36.8 Å². The zero-order valence-corrected chi connectivity index (χ0v) is 15.9. The number of carbonyl (C=O) groups is 1. The van der Waals surface area contributed by atoms with E-state index in [9.17, 15) is 9.90 Å². The number of rotatable bonds is 7. The van der Waals surface area contributed by atoms with Crippen molar-refractivity contribution < 1.29 is 14.4 Å². The van der Waals surface area contributed by atoms with E-state index in [-0.39, 0.29) is 11.3 Å². The molecule has 0 bridgehead atoms. The van der Waals surface area contributed by atoms with Crippen LogP contribution in [0.2, 0.25) is 5.02 Å². The van der Waals surface area contributed by atoms with Gasteiger partial charge in [-0.15, -0.1) is 0 Å². The van der Waals surface area contributed by atoms with Crippen molar-refractivity contribution in [2.75, 3.05) is 32.1 Å². The summed E-state index contributed by atoms with van der Waals surface area (Å²) in [5.74, 6) is -0.454. The van der Waals surface area contributed by atoms with Gasteiger partial charge in [-0.05, 0) is 44.2 Å². The number of anilines is 1. The number of likely N-dealkylation sites (N-methyl/N-ethyl adjacent to an activating group) is 2. The topological polar surface area (TPSA) is 69.8 Å². The Morgan fingerprint density at radius 2 is 1.88 bits per heavy atom. The van der Waals surface area contributed by atoms with Crippen LogP contribution in [-0.4, -0.2) is 54.4 Å². The fraction of sp³-hybridized carbons (Fsp3) is 0.474. The number of aromatic nitrogens is 1. The van der Waals surface area contributed by atoms with Crippen LogP contribution < -0.4 is 4.90 Å². The lowest BCUT2D eigenvalue weighted by atomic mass is 10.1. The molecule has 1 fully saturated rings. The van der Waals surface area contributed by atoms with Gasteiger partial charge in [-0.2, -0.15) is 0 Å². The SMILES string of the molecule is CN(CCN(C)C1CCCC1)c1noc(-c2ccc(Cl)cc2)c1C(=O)O. The van der Waals surface area contributed by atoms with E-state index in [0.29, 0.717) is 29.0 Å². The summed E-state index contributed by atoms with van der Waals surface area (Å²) in [4.78, 5) is 16.0. The van der Waals surface area contributed by atoms with Crippen LogP contribution >= 0.6 is 11.6 Å². The summed E-state index contributed by atoms with van der Waals surface area (Å²) in [5, 5.41) is 14.3. The number of hydrogen-bond donors (Lipinski definition) is 1. The second-order valence-corrected chi connectivity index (χ2v) is 7.30. The van der Waals surface area contributed by atoms with E-state index in [4.69, 9.17) is 16.1 Å². The van der Waals surface area contributed by atoms with Gasteiger partial charge in [0.15, 0.2) is 17.1 Å². The lowest BCUT2D eigenvalue weighted by molar-refractivity contribution is 0.0698. The molecular weight excluding hydrogens is 354 g/mol. The normalized spacial score (nSPS) is 14.9. The molecule has 140 valence electrons. The molecule has 1 heterocycles. The molecule has 1 aromatic carbocycles. The maximum atomic E-state index is 11.8. The molecule has 1 saturated carbocycles. The molecule has 0 unspecified atom stereocenters. The van der Waals surface area contributed by atoms with Gasteiger partial charge in [-0.1, -0.05) is 29.6 Å². The molecule has 1 aromatic heterocycles. The Balaban J connectivity index is 1.76. The van der Waals surface area contributed by atoms with Crippen molar-refractivity contribution in [1.29, 1.82) is 0 Å². The maximum Gasteiger partial charge on any atom is 0.343 e. The molecule has 6 nitrogen and oxygen atoms in total. The Labute approximate surface area is 158 Å². The van der Waals surface area contributed by atoms with Gasteiger partial charge in [0.1, 0.15) is 0 Å². The molecular formula is C19H24ClN3O3. The van der Waals surface area contributed by atoms with Crippen LogP contribution in [0, 0.1) is 0 Å². The number of carboxylic acids is 1. The molecule has 0 spiro atoms. The van der Waals surface area contributed by atoms with Gasteiger partial charge >= 0.3 is 5.97 Å². The highest BCUT2D eigenvalue weighted by molar-refractivity contribution is 6.30. The standard InChI is InChI=1S/C19H24ClN3O3/c1-22(15-5-3-4-6-15)11-12-23(2)18-16(19(24)25)17(26-21-18)13-7-9-14(20)10-8-13/h7-10,15H,3-6,11-12H2,1-2H3,(H,24,25). The highest BCUT2D eigenvalue weighted by Crippen LogP contribution is 2.31. The van der Waals surface area contributed by atoms with Crippen molar-refractivity contribution >= 4 is 23.4 Å². The fourth-order valence-corrected chi connectivity index (χ4v) is 3.60. The number of aromatic carboxylic acids is 1. The molecule has 1 aliphatic carbocycles. The minimum atomic E-state index is -1.05. The number of halogens is 1. The van der Waals surface area contributed by atoms with Gasteiger partial charge in [0.2, 0.25) is 0 Å². The van der Waals surface area contributed by atoms with Gasteiger partial charge in [-0.25, -0.2) is 4.79 Å². The van der Waals surface area contributed by atoms with Crippen LogP contribution in [0.3, 0.4) is 0 Å². The van der Waals surface area contributed by atoms with Crippen molar-refractivity contribution in [2.24, 2.45) is 0 Å². The van der Waals surface area contributed by atoms with E-state index in [1.165, 1.54) is 25.7 Å². The minimum Gasteiger partial charge on any atom is -0.477 e. The Bertz CT molecular complexity index is 754. The van der Waals surface area contributed by atoms with Crippen LogP contribution in [0.15, 0.2) is 28.8 Å². The van der Waals surface area contributed by atoms with Crippen LogP contribution in [0.1, 0.15) is 36.0 Å². The lowest BCUT2D eigenvalue weighted by Crippen LogP contribution is -2.36. The van der Waals surface area contributed by atoms with Gasteiger partial charge in [-0.3, -0.25) is 0 Å². The third-order valence-electron chi connectivity index (χ3n) is 5.09. The van der Waals surface area contributed by atoms with E-state index in [0.717, 1.165) is 6.54 Å². The van der Waals surface area contributed by atoms with Gasteiger partial charge in [0.25, 0.3) is 0 Å². The van der Waals surface area contributed by atoms with Crippen LogP contribution in [0.4, 0.5) is 5.82 Å². The number of carboxylic acid groups (broad SMARTS) is 1. The molecule has 0 amide bonds. The molecule has 26 heavy (non-hydrogen) atoms. The van der Waals surface area contributed by atoms with Crippen molar-refractivity contribution in [2.45, 2.75) is 31.7 Å². The molecule has 2 aromatic rings. The monoisotopic (exact) mass is 377 g/mol. The van der Waals surface area contributed by atoms with E-state index in [1.54, 1.807) is 24.3 Å².